The van der Waals surface area contributed by atoms with Crippen LogP contribution in [0, 0.1) is 0 Å². The number of rotatable bonds is 4. The van der Waals surface area contributed by atoms with Crippen LogP contribution in [0.2, 0.25) is 0 Å². The first-order valence-corrected chi connectivity index (χ1v) is 7.67. The van der Waals surface area contributed by atoms with Crippen molar-refractivity contribution in [2.75, 3.05) is 6.54 Å². The molecule has 2 N–H and O–H groups in total. The van der Waals surface area contributed by atoms with Gasteiger partial charge < -0.3 is 14.8 Å². The van der Waals surface area contributed by atoms with E-state index in [0.29, 0.717) is 19.4 Å². The third-order valence-electron chi connectivity index (χ3n) is 5.01. The summed E-state index contributed by atoms with van der Waals surface area (Å²) in [6.45, 7) is 5.75. The van der Waals surface area contributed by atoms with E-state index in [0.717, 1.165) is 16.5 Å². The van der Waals surface area contributed by atoms with Crippen LogP contribution in [0.5, 0.6) is 0 Å². The highest BCUT2D eigenvalue weighted by Crippen LogP contribution is 2.39. The molecule has 2 atom stereocenters. The molecule has 2 aromatic rings. The summed E-state index contributed by atoms with van der Waals surface area (Å²) in [6.07, 6.45) is 2.73. The van der Waals surface area contributed by atoms with Crippen LogP contribution < -0.4 is 0 Å². The van der Waals surface area contributed by atoms with Gasteiger partial charge in [-0.2, -0.15) is 0 Å². The fourth-order valence-corrected chi connectivity index (χ4v) is 3.09. The molecule has 1 aromatic carbocycles. The van der Waals surface area contributed by atoms with E-state index in [4.69, 9.17) is 4.74 Å². The minimum absolute atomic E-state index is 0.420. The van der Waals surface area contributed by atoms with Crippen LogP contribution in [-0.2, 0) is 11.2 Å². The summed E-state index contributed by atoms with van der Waals surface area (Å²) in [5.41, 5.74) is 0.0332. The van der Waals surface area contributed by atoms with E-state index in [1.165, 1.54) is 4.90 Å². The fraction of sp³-hybridized carbons (Fsp3) is 0.471. The second-order valence-electron chi connectivity index (χ2n) is 6.23. The summed E-state index contributed by atoms with van der Waals surface area (Å²) in [6, 6.07) is 8.05. The third kappa shape index (κ3) is 2.08. The third-order valence-corrected chi connectivity index (χ3v) is 5.01. The van der Waals surface area contributed by atoms with Gasteiger partial charge in [0.25, 0.3) is 0 Å². The number of benzene rings is 1. The van der Waals surface area contributed by atoms with Crippen LogP contribution in [0.25, 0.3) is 10.9 Å². The molecule has 1 fully saturated rings. The highest BCUT2D eigenvalue weighted by atomic mass is 16.6. The van der Waals surface area contributed by atoms with Crippen LogP contribution >= 0.6 is 0 Å². The van der Waals surface area contributed by atoms with Crippen molar-refractivity contribution >= 4 is 17.0 Å². The van der Waals surface area contributed by atoms with E-state index in [1.807, 2.05) is 31.3 Å². The van der Waals surface area contributed by atoms with Crippen molar-refractivity contribution in [3.63, 3.8) is 0 Å². The van der Waals surface area contributed by atoms with Gasteiger partial charge in [-0.05, 0) is 38.3 Å². The van der Waals surface area contributed by atoms with E-state index in [-0.39, 0.29) is 0 Å². The van der Waals surface area contributed by atoms with Crippen LogP contribution in [0.15, 0.2) is 30.5 Å². The van der Waals surface area contributed by atoms with Gasteiger partial charge in [0, 0.05) is 23.6 Å². The number of hydrogen-bond donors (Lipinski definition) is 2. The zero-order chi connectivity index (χ0) is 16.0. The standard InChI is InChI=1S/C17H22N2O3/c1-4-16(2)17(3,21)19(15(20)22-16)10-9-12-11-18-14-8-6-5-7-13(12)14/h5-8,11,18,21H,4,9-10H2,1-3H3/t16-,17+/m1/s1. The summed E-state index contributed by atoms with van der Waals surface area (Å²) in [5.74, 6) is 0. The zero-order valence-corrected chi connectivity index (χ0v) is 13.2. The van der Waals surface area contributed by atoms with Gasteiger partial charge in [-0.25, -0.2) is 4.79 Å². The lowest BCUT2D eigenvalue weighted by atomic mass is 9.90. The van der Waals surface area contributed by atoms with Gasteiger partial charge >= 0.3 is 6.09 Å². The summed E-state index contributed by atoms with van der Waals surface area (Å²) < 4.78 is 5.41. The van der Waals surface area contributed by atoms with Gasteiger partial charge in [0.15, 0.2) is 11.3 Å². The first-order chi connectivity index (χ1) is 10.4. The summed E-state index contributed by atoms with van der Waals surface area (Å²) in [5, 5.41) is 11.9. The van der Waals surface area contributed by atoms with Crippen LogP contribution in [0.3, 0.4) is 0 Å². The van der Waals surface area contributed by atoms with Crippen molar-refractivity contribution in [2.24, 2.45) is 0 Å². The molecular weight excluding hydrogens is 280 g/mol. The molecule has 0 radical (unpaired) electrons. The monoisotopic (exact) mass is 302 g/mol. The number of hydrogen-bond acceptors (Lipinski definition) is 3. The Morgan fingerprint density at radius 1 is 1.32 bits per heavy atom. The molecule has 118 valence electrons. The molecule has 22 heavy (non-hydrogen) atoms. The zero-order valence-electron chi connectivity index (χ0n) is 13.2. The van der Waals surface area contributed by atoms with Crippen LogP contribution in [-0.4, -0.2) is 39.0 Å². The number of carbonyl (C=O) groups is 1. The number of amides is 1. The number of aromatic amines is 1. The number of H-pyrrole nitrogens is 1. The lowest BCUT2D eigenvalue weighted by Gasteiger charge is -2.36. The normalized spacial score (nSPS) is 28.4. The smallest absolute Gasteiger partial charge is 0.412 e. The highest BCUT2D eigenvalue weighted by Gasteiger charge is 2.57. The first kappa shape index (κ1) is 14.9. The lowest BCUT2D eigenvalue weighted by molar-refractivity contribution is -0.137. The molecule has 0 saturated carbocycles. The van der Waals surface area contributed by atoms with E-state index in [1.54, 1.807) is 13.8 Å². The average molecular weight is 302 g/mol. The molecule has 0 spiro atoms. The molecule has 1 aliphatic rings. The average Bonchev–Trinajstić information content (AvgIpc) is 2.96. The Balaban J connectivity index is 1.80. The van der Waals surface area contributed by atoms with Crippen molar-refractivity contribution in [3.05, 3.63) is 36.0 Å². The Labute approximate surface area is 129 Å². The Kier molecular flexibility index (Phi) is 3.40. The lowest BCUT2D eigenvalue weighted by Crippen LogP contribution is -2.55. The Hall–Kier alpha value is -2.01. The number of cyclic esters (lactones) is 1. The Morgan fingerprint density at radius 2 is 2.05 bits per heavy atom. The SMILES string of the molecule is CC[C@@]1(C)OC(=O)N(CCc2c[nH]c3ccccc23)[C@@]1(C)O. The number of aromatic nitrogens is 1. The molecule has 1 amide bonds. The maximum Gasteiger partial charge on any atom is 0.412 e. The number of nitrogens with one attached hydrogen (secondary N) is 1. The van der Waals surface area contributed by atoms with Crippen molar-refractivity contribution in [1.29, 1.82) is 0 Å². The van der Waals surface area contributed by atoms with Gasteiger partial charge in [-0.15, -0.1) is 0 Å². The number of carbonyl (C=O) groups excluding carboxylic acids is 1. The van der Waals surface area contributed by atoms with Gasteiger partial charge in [0.2, 0.25) is 0 Å². The molecule has 2 heterocycles. The second-order valence-corrected chi connectivity index (χ2v) is 6.23. The van der Waals surface area contributed by atoms with Crippen molar-refractivity contribution < 1.29 is 14.6 Å². The maximum absolute atomic E-state index is 12.1. The van der Waals surface area contributed by atoms with Gasteiger partial charge in [-0.1, -0.05) is 25.1 Å². The minimum atomic E-state index is -1.30. The van der Waals surface area contributed by atoms with E-state index in [9.17, 15) is 9.90 Å². The highest BCUT2D eigenvalue weighted by molar-refractivity contribution is 5.83. The summed E-state index contributed by atoms with van der Waals surface area (Å²) in [7, 11) is 0. The topological polar surface area (TPSA) is 65.6 Å². The number of ether oxygens (including phenoxy) is 1. The summed E-state index contributed by atoms with van der Waals surface area (Å²) >= 11 is 0. The molecular formula is C17H22N2O3. The van der Waals surface area contributed by atoms with Gasteiger partial charge in [0.1, 0.15) is 0 Å². The van der Waals surface area contributed by atoms with Gasteiger partial charge in [0.05, 0.1) is 0 Å². The Morgan fingerprint density at radius 3 is 2.73 bits per heavy atom. The predicted octanol–water partition coefficient (Wildman–Crippen LogP) is 3.04. The molecule has 1 saturated heterocycles. The Bertz CT molecular complexity index is 707. The quantitative estimate of drug-likeness (QED) is 0.912. The van der Waals surface area contributed by atoms with Crippen molar-refractivity contribution in [2.45, 2.75) is 44.9 Å². The predicted molar refractivity (Wildman–Crippen MR) is 84.5 cm³/mol. The molecule has 0 bridgehead atoms. The van der Waals surface area contributed by atoms with E-state index >= 15 is 0 Å². The number of nitrogens with zero attached hydrogens (tertiary/aromatic N) is 1. The van der Waals surface area contributed by atoms with Crippen LogP contribution in [0.1, 0.15) is 32.8 Å². The molecule has 5 heteroatoms. The molecule has 0 unspecified atom stereocenters. The van der Waals surface area contributed by atoms with Crippen LogP contribution in [0.4, 0.5) is 4.79 Å². The second kappa shape index (κ2) is 5.02. The molecule has 5 nitrogen and oxygen atoms in total. The molecule has 0 aliphatic carbocycles. The largest absolute Gasteiger partial charge is 0.438 e. The van der Waals surface area contributed by atoms with Gasteiger partial charge in [-0.3, -0.25) is 4.90 Å². The molecule has 1 aromatic heterocycles. The molecule has 1 aliphatic heterocycles. The number of fused-ring (bicyclic) bond motifs is 1. The van der Waals surface area contributed by atoms with E-state index < -0.39 is 17.4 Å². The van der Waals surface area contributed by atoms with E-state index in [2.05, 4.69) is 11.1 Å². The fourth-order valence-electron chi connectivity index (χ4n) is 3.09. The first-order valence-electron chi connectivity index (χ1n) is 7.67. The minimum Gasteiger partial charge on any atom is -0.438 e. The summed E-state index contributed by atoms with van der Waals surface area (Å²) in [4.78, 5) is 16.8. The number of para-hydroxylation sites is 1. The molecule has 3 rings (SSSR count). The maximum atomic E-state index is 12.1. The number of aliphatic hydroxyl groups is 1. The van der Waals surface area contributed by atoms with Crippen molar-refractivity contribution in [1.82, 2.24) is 9.88 Å². The van der Waals surface area contributed by atoms with Crippen molar-refractivity contribution in [3.8, 4) is 0 Å².